The zero-order valence-corrected chi connectivity index (χ0v) is 12.9. The monoisotopic (exact) mass is 315 g/mol. The fourth-order valence-electron chi connectivity index (χ4n) is 2.03. The van der Waals surface area contributed by atoms with Gasteiger partial charge in [-0.15, -0.1) is 0 Å². The van der Waals surface area contributed by atoms with Crippen LogP contribution in [0.3, 0.4) is 0 Å². The van der Waals surface area contributed by atoms with Gasteiger partial charge in [-0.25, -0.2) is 8.42 Å². The SMILES string of the molecule is CC(NC(=O)CCS(=O)(=O)c1ccc(Cl)cc1)C1CC1. The molecule has 2 rings (SSSR count). The highest BCUT2D eigenvalue weighted by Gasteiger charge is 2.29. The molecule has 1 aromatic carbocycles. The van der Waals surface area contributed by atoms with Crippen LogP contribution in [0.5, 0.6) is 0 Å². The minimum atomic E-state index is -3.43. The van der Waals surface area contributed by atoms with Crippen molar-refractivity contribution in [1.29, 1.82) is 0 Å². The molecule has 110 valence electrons. The van der Waals surface area contributed by atoms with E-state index < -0.39 is 9.84 Å². The Balaban J connectivity index is 1.88. The molecule has 1 aromatic rings. The van der Waals surface area contributed by atoms with Crippen molar-refractivity contribution in [2.75, 3.05) is 5.75 Å². The van der Waals surface area contributed by atoms with Gasteiger partial charge in [-0.2, -0.15) is 0 Å². The predicted molar refractivity (Wildman–Crippen MR) is 78.5 cm³/mol. The first kappa shape index (κ1) is 15.3. The van der Waals surface area contributed by atoms with Crippen LogP contribution in [0.15, 0.2) is 29.2 Å². The van der Waals surface area contributed by atoms with Gasteiger partial charge in [-0.05, 0) is 49.9 Å². The number of rotatable bonds is 6. The van der Waals surface area contributed by atoms with E-state index in [9.17, 15) is 13.2 Å². The standard InChI is InChI=1S/C14H18ClNO3S/c1-10(11-2-3-11)16-14(17)8-9-20(18,19)13-6-4-12(15)5-7-13/h4-7,10-11H,2-3,8-9H2,1H3,(H,16,17). The Hall–Kier alpha value is -1.07. The Labute approximate surface area is 124 Å². The van der Waals surface area contributed by atoms with E-state index in [0.29, 0.717) is 10.9 Å². The number of hydrogen-bond donors (Lipinski definition) is 1. The highest BCUT2D eigenvalue weighted by molar-refractivity contribution is 7.91. The van der Waals surface area contributed by atoms with Crippen LogP contribution in [0.2, 0.25) is 5.02 Å². The maximum absolute atomic E-state index is 12.1. The lowest BCUT2D eigenvalue weighted by Gasteiger charge is -2.12. The molecule has 0 saturated heterocycles. The van der Waals surface area contributed by atoms with E-state index in [-0.39, 0.29) is 29.0 Å². The molecule has 1 aliphatic rings. The highest BCUT2D eigenvalue weighted by Crippen LogP contribution is 2.32. The molecule has 0 radical (unpaired) electrons. The second kappa shape index (κ2) is 6.14. The van der Waals surface area contributed by atoms with Gasteiger partial charge in [0.25, 0.3) is 0 Å². The van der Waals surface area contributed by atoms with Crippen LogP contribution >= 0.6 is 11.6 Å². The Morgan fingerprint density at radius 1 is 1.35 bits per heavy atom. The number of carbonyl (C=O) groups is 1. The molecule has 1 fully saturated rings. The van der Waals surface area contributed by atoms with Crippen molar-refractivity contribution in [3.05, 3.63) is 29.3 Å². The van der Waals surface area contributed by atoms with E-state index in [1.807, 2.05) is 6.92 Å². The molecule has 1 N–H and O–H groups in total. The summed E-state index contributed by atoms with van der Waals surface area (Å²) in [5.41, 5.74) is 0. The van der Waals surface area contributed by atoms with Gasteiger partial charge in [-0.3, -0.25) is 4.79 Å². The topological polar surface area (TPSA) is 63.2 Å². The average Bonchev–Trinajstić information content (AvgIpc) is 3.21. The Morgan fingerprint density at radius 3 is 2.50 bits per heavy atom. The predicted octanol–water partition coefficient (Wildman–Crippen LogP) is 2.42. The molecule has 20 heavy (non-hydrogen) atoms. The summed E-state index contributed by atoms with van der Waals surface area (Å²) < 4.78 is 24.1. The third-order valence-electron chi connectivity index (χ3n) is 3.49. The quantitative estimate of drug-likeness (QED) is 0.877. The van der Waals surface area contributed by atoms with Crippen molar-refractivity contribution in [3.63, 3.8) is 0 Å². The molecule has 4 nitrogen and oxygen atoms in total. The van der Waals surface area contributed by atoms with Crippen molar-refractivity contribution in [1.82, 2.24) is 5.32 Å². The van der Waals surface area contributed by atoms with Crippen LogP contribution in [0.4, 0.5) is 0 Å². The number of nitrogens with one attached hydrogen (secondary N) is 1. The first-order valence-corrected chi connectivity index (χ1v) is 8.69. The van der Waals surface area contributed by atoms with E-state index in [0.717, 1.165) is 12.8 Å². The Morgan fingerprint density at radius 2 is 1.95 bits per heavy atom. The van der Waals surface area contributed by atoms with Crippen LogP contribution in [0.25, 0.3) is 0 Å². The van der Waals surface area contributed by atoms with E-state index in [2.05, 4.69) is 5.32 Å². The summed E-state index contributed by atoms with van der Waals surface area (Å²) in [7, 11) is -3.43. The summed E-state index contributed by atoms with van der Waals surface area (Å²) in [5.74, 6) is 0.173. The maximum atomic E-state index is 12.1. The van der Waals surface area contributed by atoms with Crippen LogP contribution in [-0.4, -0.2) is 26.1 Å². The fourth-order valence-corrected chi connectivity index (χ4v) is 3.39. The molecule has 0 aliphatic heterocycles. The minimum absolute atomic E-state index is 0.0119. The summed E-state index contributed by atoms with van der Waals surface area (Å²) in [6.45, 7) is 1.96. The molecular weight excluding hydrogens is 298 g/mol. The lowest BCUT2D eigenvalue weighted by Crippen LogP contribution is -2.34. The minimum Gasteiger partial charge on any atom is -0.353 e. The van der Waals surface area contributed by atoms with E-state index in [1.54, 1.807) is 0 Å². The van der Waals surface area contributed by atoms with Crippen LogP contribution in [0.1, 0.15) is 26.2 Å². The summed E-state index contributed by atoms with van der Waals surface area (Å²) in [4.78, 5) is 11.9. The summed E-state index contributed by atoms with van der Waals surface area (Å²) in [6.07, 6.45) is 2.27. The van der Waals surface area contributed by atoms with Gasteiger partial charge in [0.1, 0.15) is 0 Å². The molecule has 0 aromatic heterocycles. The second-order valence-electron chi connectivity index (χ2n) is 5.22. The largest absolute Gasteiger partial charge is 0.353 e. The summed E-state index contributed by atoms with van der Waals surface area (Å²) in [5, 5.41) is 3.34. The van der Waals surface area contributed by atoms with Crippen molar-refractivity contribution < 1.29 is 13.2 Å². The lowest BCUT2D eigenvalue weighted by molar-refractivity contribution is -0.121. The first-order valence-electron chi connectivity index (χ1n) is 6.66. The number of amides is 1. The van der Waals surface area contributed by atoms with Gasteiger partial charge in [0, 0.05) is 17.5 Å². The van der Waals surface area contributed by atoms with Gasteiger partial charge < -0.3 is 5.32 Å². The lowest BCUT2D eigenvalue weighted by atomic mass is 10.2. The molecular formula is C14H18ClNO3S. The third-order valence-corrected chi connectivity index (χ3v) is 5.47. The van der Waals surface area contributed by atoms with Crippen molar-refractivity contribution >= 4 is 27.3 Å². The van der Waals surface area contributed by atoms with Crippen molar-refractivity contribution in [3.8, 4) is 0 Å². The maximum Gasteiger partial charge on any atom is 0.221 e. The molecule has 6 heteroatoms. The molecule has 0 heterocycles. The summed E-state index contributed by atoms with van der Waals surface area (Å²) >= 11 is 5.72. The van der Waals surface area contributed by atoms with Gasteiger partial charge >= 0.3 is 0 Å². The number of sulfone groups is 1. The molecule has 1 amide bonds. The number of halogens is 1. The second-order valence-corrected chi connectivity index (χ2v) is 7.76. The Bertz CT molecular complexity index is 579. The molecule has 1 atom stereocenters. The normalized spacial score (nSPS) is 16.7. The molecule has 1 aliphatic carbocycles. The fraction of sp³-hybridized carbons (Fsp3) is 0.500. The zero-order chi connectivity index (χ0) is 14.8. The molecule has 1 saturated carbocycles. The molecule has 0 bridgehead atoms. The number of hydrogen-bond acceptors (Lipinski definition) is 3. The smallest absolute Gasteiger partial charge is 0.221 e. The highest BCUT2D eigenvalue weighted by atomic mass is 35.5. The molecule has 1 unspecified atom stereocenters. The van der Waals surface area contributed by atoms with Crippen LogP contribution in [0, 0.1) is 5.92 Å². The summed E-state index contributed by atoms with van der Waals surface area (Å²) in [6, 6.07) is 6.12. The third kappa shape index (κ3) is 4.21. The van der Waals surface area contributed by atoms with Crippen LogP contribution in [-0.2, 0) is 14.6 Å². The van der Waals surface area contributed by atoms with Crippen molar-refractivity contribution in [2.24, 2.45) is 5.92 Å². The van der Waals surface area contributed by atoms with Crippen LogP contribution < -0.4 is 5.32 Å². The van der Waals surface area contributed by atoms with Gasteiger partial charge in [0.15, 0.2) is 9.84 Å². The average molecular weight is 316 g/mol. The van der Waals surface area contributed by atoms with E-state index in [4.69, 9.17) is 11.6 Å². The van der Waals surface area contributed by atoms with E-state index >= 15 is 0 Å². The first-order chi connectivity index (χ1) is 9.38. The van der Waals surface area contributed by atoms with Crippen molar-refractivity contribution in [2.45, 2.75) is 37.1 Å². The number of carbonyl (C=O) groups excluding carboxylic acids is 1. The molecule has 0 spiro atoms. The van der Waals surface area contributed by atoms with Gasteiger partial charge in [-0.1, -0.05) is 11.6 Å². The zero-order valence-electron chi connectivity index (χ0n) is 11.3. The van der Waals surface area contributed by atoms with Gasteiger partial charge in [0.05, 0.1) is 10.6 Å². The van der Waals surface area contributed by atoms with E-state index in [1.165, 1.54) is 24.3 Å². The Kier molecular flexibility index (Phi) is 4.70. The number of benzene rings is 1. The van der Waals surface area contributed by atoms with Gasteiger partial charge in [0.2, 0.25) is 5.91 Å².